The second-order valence-corrected chi connectivity index (χ2v) is 14.3. The maximum atomic E-state index is 12.5. The summed E-state index contributed by atoms with van der Waals surface area (Å²) in [6, 6.07) is 0. The smallest absolute Gasteiger partial charge is 0.462 e. The lowest BCUT2D eigenvalue weighted by Crippen LogP contribution is -2.29. The maximum absolute atomic E-state index is 12.5. The van der Waals surface area contributed by atoms with Gasteiger partial charge in [-0.15, -0.1) is 0 Å². The molecule has 9 nitrogen and oxygen atoms in total. The van der Waals surface area contributed by atoms with Crippen molar-refractivity contribution in [2.24, 2.45) is 5.73 Å². The van der Waals surface area contributed by atoms with Gasteiger partial charge in [0.25, 0.3) is 0 Å². The quantitative estimate of drug-likeness (QED) is 0.0283. The van der Waals surface area contributed by atoms with E-state index in [1.807, 2.05) is 0 Å². The van der Waals surface area contributed by atoms with Crippen LogP contribution in [0.4, 0.5) is 0 Å². The summed E-state index contributed by atoms with van der Waals surface area (Å²) in [7, 11) is -4.37. The topological polar surface area (TPSA) is 134 Å². The van der Waals surface area contributed by atoms with Crippen molar-refractivity contribution in [2.45, 2.75) is 180 Å². The van der Waals surface area contributed by atoms with E-state index in [1.54, 1.807) is 0 Å². The van der Waals surface area contributed by atoms with Crippen LogP contribution in [-0.2, 0) is 32.7 Å². The van der Waals surface area contributed by atoms with E-state index in [9.17, 15) is 19.0 Å². The van der Waals surface area contributed by atoms with Crippen molar-refractivity contribution in [2.75, 3.05) is 26.4 Å². The zero-order valence-electron chi connectivity index (χ0n) is 30.7. The van der Waals surface area contributed by atoms with Crippen LogP contribution in [0.3, 0.4) is 0 Å². The van der Waals surface area contributed by atoms with Gasteiger partial charge in [0.15, 0.2) is 6.10 Å². The molecule has 0 saturated heterocycles. The lowest BCUT2D eigenvalue weighted by molar-refractivity contribution is -0.161. The molecule has 0 aromatic heterocycles. The Labute approximate surface area is 293 Å². The first kappa shape index (κ1) is 46.5. The highest BCUT2D eigenvalue weighted by Gasteiger charge is 2.25. The van der Waals surface area contributed by atoms with Gasteiger partial charge < -0.3 is 20.1 Å². The van der Waals surface area contributed by atoms with Gasteiger partial charge in [-0.25, -0.2) is 4.57 Å². The number of hydrogen-bond acceptors (Lipinski definition) is 8. The molecule has 0 aromatic rings. The van der Waals surface area contributed by atoms with E-state index in [1.165, 1.54) is 77.0 Å². The van der Waals surface area contributed by atoms with Crippen molar-refractivity contribution >= 4 is 19.8 Å². The van der Waals surface area contributed by atoms with Crippen LogP contribution in [0, 0.1) is 0 Å². The molecule has 0 heterocycles. The van der Waals surface area contributed by atoms with Gasteiger partial charge in [-0.3, -0.25) is 18.6 Å². The number of ether oxygens (including phenoxy) is 2. The third kappa shape index (κ3) is 34.4. The Bertz CT molecular complexity index is 851. The van der Waals surface area contributed by atoms with E-state index in [0.29, 0.717) is 6.42 Å². The van der Waals surface area contributed by atoms with E-state index in [0.717, 1.165) is 64.2 Å². The molecule has 3 N–H and O–H groups in total. The number of unbranched alkanes of at least 4 members (excludes halogenated alkanes) is 19. The van der Waals surface area contributed by atoms with Crippen molar-refractivity contribution in [1.29, 1.82) is 0 Å². The van der Waals surface area contributed by atoms with E-state index in [2.05, 4.69) is 38.2 Å². The first-order chi connectivity index (χ1) is 23.3. The fraction of sp³-hybridized carbons (Fsp3) is 0.842. The maximum Gasteiger partial charge on any atom is 0.472 e. The lowest BCUT2D eigenvalue weighted by atomic mass is 10.0. The van der Waals surface area contributed by atoms with Crippen LogP contribution in [0.2, 0.25) is 0 Å². The summed E-state index contributed by atoms with van der Waals surface area (Å²) in [6.07, 6.45) is 34.9. The molecule has 0 amide bonds. The minimum absolute atomic E-state index is 0.0522. The van der Waals surface area contributed by atoms with Crippen molar-refractivity contribution in [3.63, 3.8) is 0 Å². The molecule has 0 rings (SSSR count). The first-order valence-electron chi connectivity index (χ1n) is 19.3. The van der Waals surface area contributed by atoms with E-state index in [4.69, 9.17) is 24.3 Å². The average Bonchev–Trinajstić information content (AvgIpc) is 3.07. The molecular weight excluding hydrogens is 629 g/mol. The Morgan fingerprint density at radius 3 is 1.65 bits per heavy atom. The van der Waals surface area contributed by atoms with Crippen LogP contribution in [-0.4, -0.2) is 49.3 Å². The molecular formula is C38H72NO8P. The minimum Gasteiger partial charge on any atom is -0.462 e. The number of esters is 2. The molecule has 0 aliphatic rings. The highest BCUT2D eigenvalue weighted by Crippen LogP contribution is 2.43. The summed E-state index contributed by atoms with van der Waals surface area (Å²) in [6.45, 7) is 3.67. The second-order valence-electron chi connectivity index (χ2n) is 12.8. The van der Waals surface area contributed by atoms with Crippen LogP contribution in [0.1, 0.15) is 174 Å². The predicted molar refractivity (Wildman–Crippen MR) is 197 cm³/mol. The molecule has 0 spiro atoms. The molecule has 0 bridgehead atoms. The SMILES string of the molecule is CCCC/C=C\C/C=C\CCCCCCCC(=O)O[C@H](COC(=O)CCCCCCCCCCCCCCC)COP(=O)(O)OCCN. The molecule has 10 heteroatoms. The fourth-order valence-electron chi connectivity index (χ4n) is 5.18. The minimum atomic E-state index is -4.37. The number of phosphoric acid groups is 1. The van der Waals surface area contributed by atoms with Gasteiger partial charge in [0.2, 0.25) is 0 Å². The lowest BCUT2D eigenvalue weighted by Gasteiger charge is -2.19. The van der Waals surface area contributed by atoms with Gasteiger partial charge in [0.1, 0.15) is 6.61 Å². The Hall–Kier alpha value is -1.51. The van der Waals surface area contributed by atoms with Crippen LogP contribution < -0.4 is 5.73 Å². The Balaban J connectivity index is 4.23. The summed E-state index contributed by atoms with van der Waals surface area (Å²) in [5.74, 6) is -0.842. The van der Waals surface area contributed by atoms with Crippen molar-refractivity contribution < 1.29 is 37.6 Å². The number of hydrogen-bond donors (Lipinski definition) is 2. The third-order valence-corrected chi connectivity index (χ3v) is 9.07. The fourth-order valence-corrected chi connectivity index (χ4v) is 5.94. The highest BCUT2D eigenvalue weighted by molar-refractivity contribution is 7.47. The van der Waals surface area contributed by atoms with Crippen LogP contribution >= 0.6 is 7.82 Å². The molecule has 0 aromatic carbocycles. The second kappa shape index (κ2) is 35.3. The average molecular weight is 702 g/mol. The summed E-state index contributed by atoms with van der Waals surface area (Å²) < 4.78 is 32.6. The molecule has 282 valence electrons. The zero-order valence-corrected chi connectivity index (χ0v) is 31.6. The van der Waals surface area contributed by atoms with Crippen LogP contribution in [0.5, 0.6) is 0 Å². The molecule has 0 saturated carbocycles. The van der Waals surface area contributed by atoms with Gasteiger partial charge in [-0.1, -0.05) is 147 Å². The van der Waals surface area contributed by atoms with Crippen LogP contribution in [0.15, 0.2) is 24.3 Å². The van der Waals surface area contributed by atoms with Gasteiger partial charge in [0, 0.05) is 19.4 Å². The molecule has 48 heavy (non-hydrogen) atoms. The Morgan fingerprint density at radius 2 is 1.10 bits per heavy atom. The third-order valence-electron chi connectivity index (χ3n) is 8.09. The van der Waals surface area contributed by atoms with Crippen molar-refractivity contribution in [1.82, 2.24) is 0 Å². The summed E-state index contributed by atoms with van der Waals surface area (Å²) in [5, 5.41) is 0. The summed E-state index contributed by atoms with van der Waals surface area (Å²) >= 11 is 0. The van der Waals surface area contributed by atoms with Gasteiger partial charge in [-0.05, 0) is 38.5 Å². The van der Waals surface area contributed by atoms with Gasteiger partial charge in [0.05, 0.1) is 13.2 Å². The molecule has 0 aliphatic heterocycles. The summed E-state index contributed by atoms with van der Waals surface area (Å²) in [4.78, 5) is 34.7. The standard InChI is InChI=1S/C38H72NO8P/c1-3-5-7-9-11-13-15-17-19-21-23-25-27-29-31-38(41)47-36(35-46-48(42,43)45-33-32-39)34-44-37(40)30-28-26-24-22-20-18-16-14-12-10-8-6-4-2/h9,11,15,17,36H,3-8,10,12-14,16,18-35,39H2,1-2H3,(H,42,43)/b11-9-,17-15-/t36-/m1/s1. The molecule has 0 fully saturated rings. The zero-order chi connectivity index (χ0) is 35.4. The number of rotatable bonds is 36. The van der Waals surface area contributed by atoms with E-state index in [-0.39, 0.29) is 38.6 Å². The number of allylic oxidation sites excluding steroid dienone is 4. The largest absolute Gasteiger partial charge is 0.472 e. The van der Waals surface area contributed by atoms with Crippen LogP contribution in [0.25, 0.3) is 0 Å². The van der Waals surface area contributed by atoms with Gasteiger partial charge in [-0.2, -0.15) is 0 Å². The molecule has 1 unspecified atom stereocenters. The number of nitrogens with two attached hydrogens (primary N) is 1. The van der Waals surface area contributed by atoms with Crippen molar-refractivity contribution in [3.8, 4) is 0 Å². The van der Waals surface area contributed by atoms with E-state index < -0.39 is 26.5 Å². The Kier molecular flexibility index (Phi) is 34.2. The monoisotopic (exact) mass is 701 g/mol. The Morgan fingerprint density at radius 1 is 0.625 bits per heavy atom. The highest BCUT2D eigenvalue weighted by atomic mass is 31.2. The predicted octanol–water partition coefficient (Wildman–Crippen LogP) is 10.4. The number of phosphoric ester groups is 1. The number of carbonyl (C=O) groups excluding carboxylic acids is 2. The molecule has 2 atom stereocenters. The van der Waals surface area contributed by atoms with Gasteiger partial charge >= 0.3 is 19.8 Å². The molecule has 0 radical (unpaired) electrons. The van der Waals surface area contributed by atoms with Crippen molar-refractivity contribution in [3.05, 3.63) is 24.3 Å². The summed E-state index contributed by atoms with van der Waals surface area (Å²) in [5.41, 5.74) is 5.33. The number of carbonyl (C=O) groups is 2. The molecule has 0 aliphatic carbocycles. The van der Waals surface area contributed by atoms with E-state index >= 15 is 0 Å². The normalized spacial score (nSPS) is 13.7. The first-order valence-corrected chi connectivity index (χ1v) is 20.8.